The standard InChI is InChI=1S/C15H22N2O2/c1-12-5-2-6-13(11-12)17(9-4-8-16)15(18)14-7-3-10-19-14/h2,5-6,11,14H,3-4,7-10,16H2,1H3. The van der Waals surface area contributed by atoms with Gasteiger partial charge in [0.2, 0.25) is 0 Å². The van der Waals surface area contributed by atoms with Crippen molar-refractivity contribution in [2.45, 2.75) is 32.3 Å². The number of aryl methyl sites for hydroxylation is 1. The van der Waals surface area contributed by atoms with E-state index in [1.54, 1.807) is 0 Å². The van der Waals surface area contributed by atoms with Gasteiger partial charge in [0.05, 0.1) is 0 Å². The van der Waals surface area contributed by atoms with E-state index in [0.29, 0.717) is 19.7 Å². The minimum atomic E-state index is -0.279. The van der Waals surface area contributed by atoms with Crippen molar-refractivity contribution in [2.24, 2.45) is 5.73 Å². The molecule has 0 aliphatic carbocycles. The molecular formula is C15H22N2O2. The molecule has 1 aromatic carbocycles. The number of carbonyl (C=O) groups excluding carboxylic acids is 1. The smallest absolute Gasteiger partial charge is 0.256 e. The number of benzene rings is 1. The molecule has 1 saturated heterocycles. The molecule has 4 heteroatoms. The van der Waals surface area contributed by atoms with Crippen LogP contribution < -0.4 is 10.6 Å². The highest BCUT2D eigenvalue weighted by Crippen LogP contribution is 2.21. The van der Waals surface area contributed by atoms with E-state index in [-0.39, 0.29) is 12.0 Å². The van der Waals surface area contributed by atoms with Crippen LogP contribution in [0.25, 0.3) is 0 Å². The molecule has 1 atom stereocenters. The summed E-state index contributed by atoms with van der Waals surface area (Å²) in [6.45, 7) is 3.95. The Morgan fingerprint density at radius 3 is 3.00 bits per heavy atom. The Balaban J connectivity index is 2.16. The summed E-state index contributed by atoms with van der Waals surface area (Å²) in [6, 6.07) is 8.00. The van der Waals surface area contributed by atoms with Crippen molar-refractivity contribution in [3.63, 3.8) is 0 Å². The van der Waals surface area contributed by atoms with Crippen LogP contribution in [-0.4, -0.2) is 31.7 Å². The highest BCUT2D eigenvalue weighted by molar-refractivity contribution is 5.96. The highest BCUT2D eigenvalue weighted by Gasteiger charge is 2.28. The zero-order valence-corrected chi connectivity index (χ0v) is 11.5. The quantitative estimate of drug-likeness (QED) is 0.881. The zero-order valence-electron chi connectivity index (χ0n) is 11.5. The Morgan fingerprint density at radius 1 is 1.53 bits per heavy atom. The number of anilines is 1. The number of hydrogen-bond donors (Lipinski definition) is 1. The molecule has 0 aromatic heterocycles. The maximum absolute atomic E-state index is 12.5. The highest BCUT2D eigenvalue weighted by atomic mass is 16.5. The summed E-state index contributed by atoms with van der Waals surface area (Å²) in [4.78, 5) is 14.3. The van der Waals surface area contributed by atoms with Crippen LogP contribution in [0.3, 0.4) is 0 Å². The monoisotopic (exact) mass is 262 g/mol. The first-order chi connectivity index (χ1) is 9.22. The van der Waals surface area contributed by atoms with Crippen LogP contribution >= 0.6 is 0 Å². The fourth-order valence-electron chi connectivity index (χ4n) is 2.36. The van der Waals surface area contributed by atoms with Crippen molar-refractivity contribution in [3.05, 3.63) is 29.8 Å². The summed E-state index contributed by atoms with van der Waals surface area (Å²) in [5, 5.41) is 0. The molecule has 1 heterocycles. The third kappa shape index (κ3) is 3.55. The Labute approximate surface area is 114 Å². The Hall–Kier alpha value is -1.39. The normalized spacial score (nSPS) is 18.5. The van der Waals surface area contributed by atoms with E-state index in [2.05, 4.69) is 0 Å². The van der Waals surface area contributed by atoms with E-state index in [1.165, 1.54) is 0 Å². The third-order valence-electron chi connectivity index (χ3n) is 3.37. The van der Waals surface area contributed by atoms with E-state index in [9.17, 15) is 4.79 Å². The molecule has 1 aliphatic heterocycles. The average molecular weight is 262 g/mol. The molecule has 4 nitrogen and oxygen atoms in total. The number of nitrogens with two attached hydrogens (primary N) is 1. The molecule has 0 radical (unpaired) electrons. The predicted octanol–water partition coefficient (Wildman–Crippen LogP) is 1.86. The molecule has 1 amide bonds. The summed E-state index contributed by atoms with van der Waals surface area (Å²) in [6.07, 6.45) is 2.31. The van der Waals surface area contributed by atoms with Gasteiger partial charge in [-0.25, -0.2) is 0 Å². The van der Waals surface area contributed by atoms with Crippen LogP contribution in [0.5, 0.6) is 0 Å². The molecule has 2 rings (SSSR count). The van der Waals surface area contributed by atoms with Gasteiger partial charge in [0.1, 0.15) is 6.10 Å². The first kappa shape index (κ1) is 14.0. The van der Waals surface area contributed by atoms with Gasteiger partial charge in [0, 0.05) is 18.8 Å². The van der Waals surface area contributed by atoms with Crippen molar-refractivity contribution in [1.29, 1.82) is 0 Å². The summed E-state index contributed by atoms with van der Waals surface area (Å²) in [7, 11) is 0. The summed E-state index contributed by atoms with van der Waals surface area (Å²) in [5.41, 5.74) is 7.66. The Kier molecular flexibility index (Phi) is 4.93. The Morgan fingerprint density at radius 2 is 2.37 bits per heavy atom. The van der Waals surface area contributed by atoms with Crippen LogP contribution in [0.2, 0.25) is 0 Å². The largest absolute Gasteiger partial charge is 0.368 e. The fourth-order valence-corrected chi connectivity index (χ4v) is 2.36. The average Bonchev–Trinajstić information content (AvgIpc) is 2.93. The molecule has 0 bridgehead atoms. The van der Waals surface area contributed by atoms with Crippen LogP contribution in [0.4, 0.5) is 5.69 Å². The van der Waals surface area contributed by atoms with Crippen molar-refractivity contribution >= 4 is 11.6 Å². The molecule has 1 fully saturated rings. The second kappa shape index (κ2) is 6.68. The number of hydrogen-bond acceptors (Lipinski definition) is 3. The van der Waals surface area contributed by atoms with Crippen LogP contribution in [0, 0.1) is 6.92 Å². The number of ether oxygens (including phenoxy) is 1. The van der Waals surface area contributed by atoms with Gasteiger partial charge in [-0.1, -0.05) is 12.1 Å². The molecule has 19 heavy (non-hydrogen) atoms. The summed E-state index contributed by atoms with van der Waals surface area (Å²) in [5.74, 6) is 0.0663. The van der Waals surface area contributed by atoms with Gasteiger partial charge >= 0.3 is 0 Å². The van der Waals surface area contributed by atoms with Crippen molar-refractivity contribution in [1.82, 2.24) is 0 Å². The van der Waals surface area contributed by atoms with E-state index < -0.39 is 0 Å². The lowest BCUT2D eigenvalue weighted by atomic mass is 10.1. The van der Waals surface area contributed by atoms with E-state index in [1.807, 2.05) is 36.1 Å². The summed E-state index contributed by atoms with van der Waals surface area (Å²) < 4.78 is 5.50. The number of rotatable bonds is 5. The van der Waals surface area contributed by atoms with Gasteiger partial charge in [0.25, 0.3) is 5.91 Å². The lowest BCUT2D eigenvalue weighted by Crippen LogP contribution is -2.40. The number of nitrogens with zero attached hydrogens (tertiary/aromatic N) is 1. The Bertz CT molecular complexity index is 428. The first-order valence-electron chi connectivity index (χ1n) is 6.92. The lowest BCUT2D eigenvalue weighted by molar-refractivity contribution is -0.127. The van der Waals surface area contributed by atoms with E-state index in [4.69, 9.17) is 10.5 Å². The predicted molar refractivity (Wildman–Crippen MR) is 76.2 cm³/mol. The van der Waals surface area contributed by atoms with Crippen LogP contribution in [0.15, 0.2) is 24.3 Å². The minimum absolute atomic E-state index is 0.0663. The fraction of sp³-hybridized carbons (Fsp3) is 0.533. The van der Waals surface area contributed by atoms with E-state index in [0.717, 1.165) is 30.5 Å². The maximum Gasteiger partial charge on any atom is 0.256 e. The van der Waals surface area contributed by atoms with Gasteiger partial charge in [-0.15, -0.1) is 0 Å². The second-order valence-corrected chi connectivity index (χ2v) is 4.97. The third-order valence-corrected chi connectivity index (χ3v) is 3.37. The molecule has 2 N–H and O–H groups in total. The van der Waals surface area contributed by atoms with E-state index >= 15 is 0 Å². The number of carbonyl (C=O) groups is 1. The zero-order chi connectivity index (χ0) is 13.7. The van der Waals surface area contributed by atoms with Crippen LogP contribution in [-0.2, 0) is 9.53 Å². The molecule has 0 saturated carbocycles. The first-order valence-corrected chi connectivity index (χ1v) is 6.92. The van der Waals surface area contributed by atoms with Gasteiger partial charge in [-0.2, -0.15) is 0 Å². The van der Waals surface area contributed by atoms with Crippen molar-refractivity contribution in [2.75, 3.05) is 24.6 Å². The summed E-state index contributed by atoms with van der Waals surface area (Å²) >= 11 is 0. The molecule has 0 spiro atoms. The SMILES string of the molecule is Cc1cccc(N(CCCN)C(=O)C2CCCO2)c1. The lowest BCUT2D eigenvalue weighted by Gasteiger charge is -2.25. The van der Waals surface area contributed by atoms with Gasteiger partial charge in [-0.3, -0.25) is 4.79 Å². The molecule has 104 valence electrons. The molecule has 1 aliphatic rings. The van der Waals surface area contributed by atoms with Crippen LogP contribution in [0.1, 0.15) is 24.8 Å². The van der Waals surface area contributed by atoms with Gasteiger partial charge in [0.15, 0.2) is 0 Å². The molecular weight excluding hydrogens is 240 g/mol. The maximum atomic E-state index is 12.5. The molecule has 1 unspecified atom stereocenters. The van der Waals surface area contributed by atoms with Gasteiger partial charge in [-0.05, 0) is 50.4 Å². The van der Waals surface area contributed by atoms with Crippen molar-refractivity contribution < 1.29 is 9.53 Å². The topological polar surface area (TPSA) is 55.6 Å². The minimum Gasteiger partial charge on any atom is -0.368 e. The number of amides is 1. The van der Waals surface area contributed by atoms with Crippen molar-refractivity contribution in [3.8, 4) is 0 Å². The second-order valence-electron chi connectivity index (χ2n) is 4.97. The molecule has 1 aromatic rings. The van der Waals surface area contributed by atoms with Gasteiger partial charge < -0.3 is 15.4 Å².